The lowest BCUT2D eigenvalue weighted by molar-refractivity contribution is 0.393. The van der Waals surface area contributed by atoms with E-state index in [1.165, 1.54) is 0 Å². The van der Waals surface area contributed by atoms with E-state index in [-0.39, 0.29) is 4.90 Å². The molecule has 0 unspecified atom stereocenters. The SMILES string of the molecule is CCCCC#C[C@@H]1O[C@@]1(C#Cc1ccccc1)S(=O)(=O)c1ccccc1. The van der Waals surface area contributed by atoms with Gasteiger partial charge in [-0.3, -0.25) is 0 Å². The number of rotatable bonds is 4. The van der Waals surface area contributed by atoms with Gasteiger partial charge in [0.15, 0.2) is 6.10 Å². The van der Waals surface area contributed by atoms with Crippen LogP contribution >= 0.6 is 0 Å². The number of epoxide rings is 1. The van der Waals surface area contributed by atoms with Crippen molar-refractivity contribution in [1.82, 2.24) is 0 Å². The quantitative estimate of drug-likeness (QED) is 0.471. The van der Waals surface area contributed by atoms with Crippen molar-refractivity contribution in [3.8, 4) is 23.7 Å². The van der Waals surface area contributed by atoms with Gasteiger partial charge in [-0.05, 0) is 36.6 Å². The molecule has 0 saturated carbocycles. The molecule has 1 aliphatic heterocycles. The van der Waals surface area contributed by atoms with Gasteiger partial charge in [0.2, 0.25) is 9.84 Å². The van der Waals surface area contributed by atoms with E-state index in [0.717, 1.165) is 24.8 Å². The van der Waals surface area contributed by atoms with Gasteiger partial charge in [0.05, 0.1) is 4.90 Å². The third kappa shape index (κ3) is 3.68. The van der Waals surface area contributed by atoms with Gasteiger partial charge in [-0.25, -0.2) is 8.42 Å². The van der Waals surface area contributed by atoms with Gasteiger partial charge in [0, 0.05) is 12.0 Å². The molecule has 0 aliphatic carbocycles. The van der Waals surface area contributed by atoms with Crippen LogP contribution < -0.4 is 0 Å². The first-order chi connectivity index (χ1) is 12.6. The van der Waals surface area contributed by atoms with E-state index in [0.29, 0.717) is 0 Å². The Labute approximate surface area is 155 Å². The van der Waals surface area contributed by atoms with Crippen molar-refractivity contribution in [2.45, 2.75) is 42.1 Å². The zero-order chi connectivity index (χ0) is 18.5. The molecule has 0 aromatic heterocycles. The summed E-state index contributed by atoms with van der Waals surface area (Å²) in [5, 5.41) is 0. The van der Waals surface area contributed by atoms with Gasteiger partial charge in [-0.2, -0.15) is 0 Å². The number of sulfone groups is 1. The van der Waals surface area contributed by atoms with Crippen LogP contribution in [0.1, 0.15) is 31.7 Å². The molecule has 3 rings (SSSR count). The van der Waals surface area contributed by atoms with Gasteiger partial charge in [-0.1, -0.05) is 61.6 Å². The smallest absolute Gasteiger partial charge is 0.274 e. The third-order valence-electron chi connectivity index (χ3n) is 4.08. The van der Waals surface area contributed by atoms with Gasteiger partial charge in [-0.15, -0.1) is 5.92 Å². The molecule has 3 nitrogen and oxygen atoms in total. The predicted octanol–water partition coefficient (Wildman–Crippen LogP) is 3.80. The van der Waals surface area contributed by atoms with E-state index in [2.05, 4.69) is 30.6 Å². The van der Waals surface area contributed by atoms with Crippen molar-refractivity contribution < 1.29 is 13.2 Å². The topological polar surface area (TPSA) is 46.7 Å². The number of ether oxygens (including phenoxy) is 1. The molecule has 2 atom stereocenters. The monoisotopic (exact) mass is 364 g/mol. The average Bonchev–Trinajstić information content (AvgIpc) is 3.40. The molecule has 26 heavy (non-hydrogen) atoms. The van der Waals surface area contributed by atoms with E-state index >= 15 is 0 Å². The number of hydrogen-bond acceptors (Lipinski definition) is 3. The minimum atomic E-state index is -3.79. The van der Waals surface area contributed by atoms with E-state index < -0.39 is 20.9 Å². The molecule has 0 N–H and O–H groups in total. The van der Waals surface area contributed by atoms with Crippen LogP contribution in [0.15, 0.2) is 65.6 Å². The van der Waals surface area contributed by atoms with Crippen LogP contribution in [-0.4, -0.2) is 19.5 Å². The molecular weight excluding hydrogens is 344 g/mol. The van der Waals surface area contributed by atoms with Crippen LogP contribution in [-0.2, 0) is 14.6 Å². The van der Waals surface area contributed by atoms with Crippen molar-refractivity contribution in [1.29, 1.82) is 0 Å². The van der Waals surface area contributed by atoms with Crippen molar-refractivity contribution in [2.24, 2.45) is 0 Å². The van der Waals surface area contributed by atoms with Gasteiger partial charge >= 0.3 is 0 Å². The fourth-order valence-electron chi connectivity index (χ4n) is 2.52. The minimum Gasteiger partial charge on any atom is -0.324 e. The Balaban J connectivity index is 1.96. The Morgan fingerprint density at radius 1 is 1.04 bits per heavy atom. The van der Waals surface area contributed by atoms with E-state index in [4.69, 9.17) is 4.74 Å². The van der Waals surface area contributed by atoms with Crippen LogP contribution in [0.2, 0.25) is 0 Å². The molecule has 2 aromatic carbocycles. The Hall–Kier alpha value is -2.53. The Morgan fingerprint density at radius 2 is 1.69 bits per heavy atom. The number of benzene rings is 2. The lowest BCUT2D eigenvalue weighted by Gasteiger charge is -2.07. The fraction of sp³-hybridized carbons (Fsp3) is 0.273. The second-order valence-electron chi connectivity index (χ2n) is 6.02. The first-order valence-corrected chi connectivity index (χ1v) is 10.1. The highest BCUT2D eigenvalue weighted by atomic mass is 32.2. The lowest BCUT2D eigenvalue weighted by Crippen LogP contribution is -2.26. The summed E-state index contributed by atoms with van der Waals surface area (Å²) in [6.07, 6.45) is 2.03. The zero-order valence-electron chi connectivity index (χ0n) is 14.6. The highest BCUT2D eigenvalue weighted by Crippen LogP contribution is 2.44. The largest absolute Gasteiger partial charge is 0.324 e. The molecule has 0 bridgehead atoms. The molecule has 1 fully saturated rings. The Morgan fingerprint density at radius 3 is 2.35 bits per heavy atom. The van der Waals surface area contributed by atoms with E-state index in [9.17, 15) is 8.42 Å². The standard InChI is InChI=1S/C22H20O3S/c1-2-3-4-11-16-21-22(25-21,18-17-19-12-7-5-8-13-19)26(23,24)20-14-9-6-10-15-20/h5-10,12-15,21H,2-4H2,1H3/t21-,22-/m0/s1. The third-order valence-corrected chi connectivity index (χ3v) is 6.18. The first kappa shape index (κ1) is 18.3. The van der Waals surface area contributed by atoms with Crippen LogP contribution in [0.4, 0.5) is 0 Å². The molecule has 1 saturated heterocycles. The fourth-order valence-corrected chi connectivity index (χ4v) is 4.13. The second-order valence-corrected chi connectivity index (χ2v) is 8.11. The molecule has 2 aromatic rings. The average molecular weight is 364 g/mol. The Kier molecular flexibility index (Phi) is 5.47. The second kappa shape index (κ2) is 7.79. The van der Waals surface area contributed by atoms with Gasteiger partial charge in [0.25, 0.3) is 4.93 Å². The van der Waals surface area contributed by atoms with Crippen LogP contribution in [0.3, 0.4) is 0 Å². The lowest BCUT2D eigenvalue weighted by atomic mass is 10.2. The van der Waals surface area contributed by atoms with Crippen molar-refractivity contribution in [3.05, 3.63) is 66.2 Å². The number of hydrogen-bond donors (Lipinski definition) is 0. The van der Waals surface area contributed by atoms with E-state index in [1.54, 1.807) is 30.3 Å². The van der Waals surface area contributed by atoms with Crippen LogP contribution in [0.25, 0.3) is 0 Å². The van der Waals surface area contributed by atoms with Crippen LogP contribution in [0, 0.1) is 23.7 Å². The highest BCUT2D eigenvalue weighted by Gasteiger charge is 2.66. The summed E-state index contributed by atoms with van der Waals surface area (Å²) >= 11 is 0. The van der Waals surface area contributed by atoms with E-state index in [1.807, 2.05) is 30.3 Å². The molecule has 1 aliphatic rings. The molecular formula is C22H20O3S. The molecule has 4 heteroatoms. The molecule has 132 valence electrons. The van der Waals surface area contributed by atoms with Crippen molar-refractivity contribution >= 4 is 9.84 Å². The molecule has 0 radical (unpaired) electrons. The summed E-state index contributed by atoms with van der Waals surface area (Å²) in [6.45, 7) is 2.09. The van der Waals surface area contributed by atoms with Crippen molar-refractivity contribution in [2.75, 3.05) is 0 Å². The predicted molar refractivity (Wildman–Crippen MR) is 102 cm³/mol. The molecule has 0 spiro atoms. The summed E-state index contributed by atoms with van der Waals surface area (Å²) in [5.41, 5.74) is 0.739. The minimum absolute atomic E-state index is 0.195. The van der Waals surface area contributed by atoms with Gasteiger partial charge < -0.3 is 4.74 Å². The maximum atomic E-state index is 13.1. The van der Waals surface area contributed by atoms with Crippen molar-refractivity contribution in [3.63, 3.8) is 0 Å². The van der Waals surface area contributed by atoms with Crippen LogP contribution in [0.5, 0.6) is 0 Å². The molecule has 0 amide bonds. The summed E-state index contributed by atoms with van der Waals surface area (Å²) in [7, 11) is -3.79. The highest BCUT2D eigenvalue weighted by molar-refractivity contribution is 7.93. The molecule has 1 heterocycles. The maximum Gasteiger partial charge on any atom is 0.274 e. The normalized spacial score (nSPS) is 21.0. The summed E-state index contributed by atoms with van der Waals surface area (Å²) in [6, 6.07) is 17.5. The number of unbranched alkanes of at least 4 members (excludes halogenated alkanes) is 2. The first-order valence-electron chi connectivity index (χ1n) is 8.64. The summed E-state index contributed by atoms with van der Waals surface area (Å²) < 4.78 is 31.9. The van der Waals surface area contributed by atoms with Gasteiger partial charge in [0.1, 0.15) is 0 Å². The summed E-state index contributed by atoms with van der Waals surface area (Å²) in [5.74, 6) is 11.7. The summed E-state index contributed by atoms with van der Waals surface area (Å²) in [4.78, 5) is -1.40. The zero-order valence-corrected chi connectivity index (χ0v) is 15.4. The maximum absolute atomic E-state index is 13.1. The Bertz CT molecular complexity index is 974.